The number of hydrogen-bond donors (Lipinski definition) is 2. The Hall–Kier alpha value is -3.22. The van der Waals surface area contributed by atoms with E-state index in [9.17, 15) is 9.18 Å². The van der Waals surface area contributed by atoms with Gasteiger partial charge < -0.3 is 5.73 Å². The first-order chi connectivity index (χ1) is 11.1. The van der Waals surface area contributed by atoms with Gasteiger partial charge in [0.15, 0.2) is 12.1 Å². The summed E-state index contributed by atoms with van der Waals surface area (Å²) in [4.78, 5) is 21.5. The summed E-state index contributed by atoms with van der Waals surface area (Å²) >= 11 is 0. The molecule has 1 atom stereocenters. The van der Waals surface area contributed by atoms with E-state index >= 15 is 0 Å². The molecule has 1 unspecified atom stereocenters. The van der Waals surface area contributed by atoms with Crippen LogP contribution in [0.3, 0.4) is 0 Å². The van der Waals surface area contributed by atoms with Crippen LogP contribution < -0.4 is 16.6 Å². The number of halogens is 1. The van der Waals surface area contributed by atoms with Gasteiger partial charge in [-0.25, -0.2) is 14.4 Å². The first kappa shape index (κ1) is 13.4. The fraction of sp³-hybridized carbons (Fsp3) is 0.0625. The zero-order valence-corrected chi connectivity index (χ0v) is 11.9. The van der Waals surface area contributed by atoms with Crippen molar-refractivity contribution >= 4 is 22.8 Å². The lowest BCUT2D eigenvalue weighted by Crippen LogP contribution is -2.38. The molecular weight excluding hydrogens is 297 g/mol. The minimum atomic E-state index is -0.684. The van der Waals surface area contributed by atoms with E-state index < -0.39 is 6.17 Å². The van der Waals surface area contributed by atoms with Crippen molar-refractivity contribution in [2.75, 3.05) is 5.32 Å². The summed E-state index contributed by atoms with van der Waals surface area (Å²) in [7, 11) is 0. The largest absolute Gasteiger partial charge is 0.370 e. The van der Waals surface area contributed by atoms with Crippen molar-refractivity contribution in [3.05, 3.63) is 70.3 Å². The van der Waals surface area contributed by atoms with Crippen molar-refractivity contribution in [2.24, 2.45) is 10.7 Å². The van der Waals surface area contributed by atoms with Gasteiger partial charge in [0.2, 0.25) is 5.95 Å². The molecule has 23 heavy (non-hydrogen) atoms. The zero-order chi connectivity index (χ0) is 16.0. The number of rotatable bonds is 1. The van der Waals surface area contributed by atoms with Crippen LogP contribution in [0.25, 0.3) is 10.9 Å². The number of guanidine groups is 1. The molecule has 0 spiro atoms. The molecule has 0 aliphatic carbocycles. The fourth-order valence-electron chi connectivity index (χ4n) is 2.66. The summed E-state index contributed by atoms with van der Waals surface area (Å²) < 4.78 is 14.6. The van der Waals surface area contributed by atoms with Gasteiger partial charge in [-0.2, -0.15) is 0 Å². The molecule has 0 saturated carbocycles. The Labute approximate surface area is 130 Å². The summed E-state index contributed by atoms with van der Waals surface area (Å²) in [5.41, 5.74) is 6.80. The van der Waals surface area contributed by atoms with E-state index in [0.29, 0.717) is 22.4 Å². The quantitative estimate of drug-likeness (QED) is 0.718. The minimum Gasteiger partial charge on any atom is -0.370 e. The average molecular weight is 309 g/mol. The Kier molecular flexibility index (Phi) is 2.87. The standard InChI is InChI=1S/C16H12FN5O/c17-10-7-5-9(6-8-10)13-20-15(18)21-16-19-12-4-2-1-3-11(12)14(23)22(13)16/h1-8,13H,(H3,18,19,20,21). The van der Waals surface area contributed by atoms with E-state index in [2.05, 4.69) is 15.3 Å². The fourth-order valence-corrected chi connectivity index (χ4v) is 2.66. The predicted molar refractivity (Wildman–Crippen MR) is 85.8 cm³/mol. The van der Waals surface area contributed by atoms with Crippen LogP contribution >= 0.6 is 0 Å². The second kappa shape index (κ2) is 4.91. The number of fused-ring (bicyclic) bond motifs is 2. The van der Waals surface area contributed by atoms with Gasteiger partial charge in [0.1, 0.15) is 5.82 Å². The molecule has 3 N–H and O–H groups in total. The molecule has 3 aromatic rings. The SMILES string of the molecule is NC1=NC(c2ccc(F)cc2)n2c(nc3ccccc3c2=O)N1. The highest BCUT2D eigenvalue weighted by Gasteiger charge is 2.24. The summed E-state index contributed by atoms with van der Waals surface area (Å²) in [6, 6.07) is 12.9. The van der Waals surface area contributed by atoms with Gasteiger partial charge in [0, 0.05) is 0 Å². The topological polar surface area (TPSA) is 85.3 Å². The maximum Gasteiger partial charge on any atom is 0.264 e. The van der Waals surface area contributed by atoms with Crippen molar-refractivity contribution in [3.63, 3.8) is 0 Å². The molecule has 2 aromatic carbocycles. The maximum atomic E-state index is 13.2. The number of nitrogens with zero attached hydrogens (tertiary/aromatic N) is 3. The first-order valence-electron chi connectivity index (χ1n) is 7.00. The average Bonchev–Trinajstić information content (AvgIpc) is 2.55. The molecule has 1 aliphatic heterocycles. The third-order valence-electron chi connectivity index (χ3n) is 3.72. The minimum absolute atomic E-state index is 0.154. The lowest BCUT2D eigenvalue weighted by Gasteiger charge is -2.25. The van der Waals surface area contributed by atoms with E-state index in [1.807, 2.05) is 6.07 Å². The lowest BCUT2D eigenvalue weighted by molar-refractivity contribution is 0.579. The number of hydrogen-bond acceptors (Lipinski definition) is 5. The normalized spacial score (nSPS) is 16.6. The van der Waals surface area contributed by atoms with Crippen molar-refractivity contribution in [1.29, 1.82) is 0 Å². The highest BCUT2D eigenvalue weighted by atomic mass is 19.1. The lowest BCUT2D eigenvalue weighted by atomic mass is 10.1. The summed E-state index contributed by atoms with van der Waals surface area (Å²) in [5, 5.41) is 3.30. The zero-order valence-electron chi connectivity index (χ0n) is 11.9. The predicted octanol–water partition coefficient (Wildman–Crippen LogP) is 1.82. The van der Waals surface area contributed by atoms with Crippen molar-refractivity contribution in [1.82, 2.24) is 9.55 Å². The van der Waals surface area contributed by atoms with Crippen LogP contribution in [0.5, 0.6) is 0 Å². The number of aliphatic imine (C=N–C) groups is 1. The summed E-state index contributed by atoms with van der Waals surface area (Å²) in [6.07, 6.45) is -0.684. The van der Waals surface area contributed by atoms with Crippen molar-refractivity contribution in [3.8, 4) is 0 Å². The van der Waals surface area contributed by atoms with Gasteiger partial charge in [0.05, 0.1) is 10.9 Å². The highest BCUT2D eigenvalue weighted by Crippen LogP contribution is 2.26. The van der Waals surface area contributed by atoms with Crippen LogP contribution in [0.4, 0.5) is 10.3 Å². The van der Waals surface area contributed by atoms with Gasteiger partial charge in [-0.15, -0.1) is 0 Å². The number of para-hydroxylation sites is 1. The smallest absolute Gasteiger partial charge is 0.264 e. The molecule has 6 nitrogen and oxygen atoms in total. The number of aromatic nitrogens is 2. The van der Waals surface area contributed by atoms with E-state index in [0.717, 1.165) is 0 Å². The molecule has 4 rings (SSSR count). The molecule has 0 radical (unpaired) electrons. The third kappa shape index (κ3) is 2.13. The highest BCUT2D eigenvalue weighted by molar-refractivity contribution is 5.93. The molecule has 1 aromatic heterocycles. The molecule has 114 valence electrons. The molecule has 0 saturated heterocycles. The Bertz CT molecular complexity index is 994. The molecule has 1 aliphatic rings. The summed E-state index contributed by atoms with van der Waals surface area (Å²) in [5.74, 6) is 0.112. The van der Waals surface area contributed by atoms with Crippen LogP contribution in [-0.2, 0) is 0 Å². The third-order valence-corrected chi connectivity index (χ3v) is 3.72. The van der Waals surface area contributed by atoms with Gasteiger partial charge in [-0.1, -0.05) is 24.3 Å². The maximum absolute atomic E-state index is 13.2. The number of nitrogens with one attached hydrogen (secondary N) is 1. The Morgan fingerprint density at radius 3 is 2.65 bits per heavy atom. The van der Waals surface area contributed by atoms with Gasteiger partial charge in [0.25, 0.3) is 5.56 Å². The second-order valence-corrected chi connectivity index (χ2v) is 5.19. The first-order valence-corrected chi connectivity index (χ1v) is 7.00. The van der Waals surface area contributed by atoms with Crippen molar-refractivity contribution in [2.45, 2.75) is 6.17 Å². The molecule has 0 amide bonds. The van der Waals surface area contributed by atoms with Crippen LogP contribution in [-0.4, -0.2) is 15.5 Å². The molecule has 0 fully saturated rings. The van der Waals surface area contributed by atoms with E-state index in [1.54, 1.807) is 30.3 Å². The molecule has 2 heterocycles. The number of benzene rings is 2. The van der Waals surface area contributed by atoms with Crippen LogP contribution in [0, 0.1) is 5.82 Å². The van der Waals surface area contributed by atoms with E-state index in [4.69, 9.17) is 5.73 Å². The van der Waals surface area contributed by atoms with Crippen LogP contribution in [0.15, 0.2) is 58.3 Å². The van der Waals surface area contributed by atoms with E-state index in [1.165, 1.54) is 16.7 Å². The van der Waals surface area contributed by atoms with Crippen LogP contribution in [0.2, 0.25) is 0 Å². The molecule has 0 bridgehead atoms. The number of nitrogens with two attached hydrogens (primary N) is 1. The second-order valence-electron chi connectivity index (χ2n) is 5.19. The Morgan fingerprint density at radius 1 is 1.13 bits per heavy atom. The van der Waals surface area contributed by atoms with Gasteiger partial charge >= 0.3 is 0 Å². The number of anilines is 1. The Balaban J connectivity index is 2.00. The Morgan fingerprint density at radius 2 is 1.87 bits per heavy atom. The monoisotopic (exact) mass is 309 g/mol. The molecule has 7 heteroatoms. The summed E-state index contributed by atoms with van der Waals surface area (Å²) in [6.45, 7) is 0. The van der Waals surface area contributed by atoms with Gasteiger partial charge in [-0.3, -0.25) is 14.7 Å². The van der Waals surface area contributed by atoms with Gasteiger partial charge in [-0.05, 0) is 29.8 Å². The van der Waals surface area contributed by atoms with Crippen molar-refractivity contribution < 1.29 is 4.39 Å². The molecular formula is C16H12FN5O. The van der Waals surface area contributed by atoms with Crippen LogP contribution in [0.1, 0.15) is 11.7 Å². The van der Waals surface area contributed by atoms with E-state index in [-0.39, 0.29) is 17.3 Å².